The van der Waals surface area contributed by atoms with Gasteiger partial charge < -0.3 is 9.47 Å². The highest BCUT2D eigenvalue weighted by Gasteiger charge is 2.29. The average molecular weight is 454 g/mol. The molecule has 33 heavy (non-hydrogen) atoms. The third-order valence-corrected chi connectivity index (χ3v) is 4.98. The number of carbonyl (C=O) groups excluding carboxylic acids is 1. The standard InChI is InChI=1S/C27H25F3O3/c1-19(2)25(16-13-20-11-14-22(15-12-20)27(28,29)30)26(31)32-18-21-7-6-10-24(17-21)33-23-8-4-3-5-9-23/h3-17,19,25H,18H2,1-2H3. The van der Waals surface area contributed by atoms with E-state index in [1.165, 1.54) is 12.1 Å². The highest BCUT2D eigenvalue weighted by Crippen LogP contribution is 2.29. The van der Waals surface area contributed by atoms with Crippen molar-refractivity contribution in [2.24, 2.45) is 11.8 Å². The Kier molecular flexibility index (Phi) is 7.93. The van der Waals surface area contributed by atoms with Crippen LogP contribution in [0.2, 0.25) is 0 Å². The van der Waals surface area contributed by atoms with Gasteiger partial charge in [-0.25, -0.2) is 0 Å². The molecule has 0 saturated heterocycles. The molecule has 0 fully saturated rings. The van der Waals surface area contributed by atoms with E-state index >= 15 is 0 Å². The van der Waals surface area contributed by atoms with Gasteiger partial charge in [0, 0.05) is 0 Å². The zero-order valence-electron chi connectivity index (χ0n) is 18.4. The van der Waals surface area contributed by atoms with E-state index in [0.29, 0.717) is 17.1 Å². The quantitative estimate of drug-likeness (QED) is 0.330. The number of para-hydroxylation sites is 1. The Morgan fingerprint density at radius 2 is 1.58 bits per heavy atom. The molecule has 0 aliphatic heterocycles. The lowest BCUT2D eigenvalue weighted by Gasteiger charge is -2.16. The van der Waals surface area contributed by atoms with Crippen molar-refractivity contribution in [1.82, 2.24) is 0 Å². The predicted octanol–water partition coefficient (Wildman–Crippen LogP) is 7.53. The van der Waals surface area contributed by atoms with Crippen LogP contribution in [0, 0.1) is 11.8 Å². The summed E-state index contributed by atoms with van der Waals surface area (Å²) in [6.07, 6.45) is -1.07. The number of esters is 1. The molecule has 1 unspecified atom stereocenters. The second kappa shape index (κ2) is 10.9. The summed E-state index contributed by atoms with van der Waals surface area (Å²) in [5, 5.41) is 0. The maximum atomic E-state index is 12.7. The number of hydrogen-bond donors (Lipinski definition) is 0. The van der Waals surface area contributed by atoms with Gasteiger partial charge in [0.25, 0.3) is 0 Å². The molecule has 3 aromatic carbocycles. The second-order valence-electron chi connectivity index (χ2n) is 7.92. The SMILES string of the molecule is CC(C)C(C=Cc1ccc(C(F)(F)F)cc1)C(=O)OCc1cccc(Oc2ccccc2)c1. The van der Waals surface area contributed by atoms with Gasteiger partial charge in [-0.2, -0.15) is 13.2 Å². The van der Waals surface area contributed by atoms with E-state index in [9.17, 15) is 18.0 Å². The molecule has 0 heterocycles. The van der Waals surface area contributed by atoms with E-state index < -0.39 is 23.6 Å². The largest absolute Gasteiger partial charge is 0.460 e. The number of carbonyl (C=O) groups is 1. The molecule has 6 heteroatoms. The highest BCUT2D eigenvalue weighted by molar-refractivity contribution is 5.76. The van der Waals surface area contributed by atoms with Crippen molar-refractivity contribution in [3.63, 3.8) is 0 Å². The zero-order chi connectivity index (χ0) is 23.8. The Balaban J connectivity index is 1.61. The molecule has 0 saturated carbocycles. The zero-order valence-corrected chi connectivity index (χ0v) is 18.4. The first kappa shape index (κ1) is 24.1. The first-order chi connectivity index (χ1) is 15.7. The fourth-order valence-corrected chi connectivity index (χ4v) is 3.15. The normalized spacial score (nSPS) is 12.7. The lowest BCUT2D eigenvalue weighted by Crippen LogP contribution is -2.20. The van der Waals surface area contributed by atoms with E-state index in [-0.39, 0.29) is 12.5 Å². The van der Waals surface area contributed by atoms with Gasteiger partial charge in [-0.3, -0.25) is 4.79 Å². The fraction of sp³-hybridized carbons (Fsp3) is 0.222. The van der Waals surface area contributed by atoms with E-state index in [2.05, 4.69) is 0 Å². The number of alkyl halides is 3. The molecule has 0 amide bonds. The molecule has 0 spiro atoms. The van der Waals surface area contributed by atoms with Crippen LogP contribution in [0.3, 0.4) is 0 Å². The highest BCUT2D eigenvalue weighted by atomic mass is 19.4. The molecule has 3 rings (SSSR count). The molecule has 1 atom stereocenters. The lowest BCUT2D eigenvalue weighted by atomic mass is 9.94. The summed E-state index contributed by atoms with van der Waals surface area (Å²) in [7, 11) is 0. The first-order valence-electron chi connectivity index (χ1n) is 10.6. The van der Waals surface area contributed by atoms with Gasteiger partial charge in [0.1, 0.15) is 18.1 Å². The van der Waals surface area contributed by atoms with Crippen molar-refractivity contribution in [1.29, 1.82) is 0 Å². The van der Waals surface area contributed by atoms with Gasteiger partial charge in [-0.15, -0.1) is 0 Å². The van der Waals surface area contributed by atoms with E-state index in [1.54, 1.807) is 12.2 Å². The topological polar surface area (TPSA) is 35.5 Å². The molecule has 0 radical (unpaired) electrons. The molecule has 0 aromatic heterocycles. The van der Waals surface area contributed by atoms with Crippen molar-refractivity contribution < 1.29 is 27.4 Å². The van der Waals surface area contributed by atoms with Crippen molar-refractivity contribution in [3.8, 4) is 11.5 Å². The molecule has 0 aliphatic carbocycles. The monoisotopic (exact) mass is 454 g/mol. The average Bonchev–Trinajstić information content (AvgIpc) is 2.78. The Morgan fingerprint density at radius 1 is 0.909 bits per heavy atom. The summed E-state index contributed by atoms with van der Waals surface area (Å²) in [4.78, 5) is 12.7. The predicted molar refractivity (Wildman–Crippen MR) is 122 cm³/mol. The second-order valence-corrected chi connectivity index (χ2v) is 7.92. The summed E-state index contributed by atoms with van der Waals surface area (Å²) >= 11 is 0. The Labute approximate surface area is 191 Å². The van der Waals surface area contributed by atoms with Crippen LogP contribution in [0.15, 0.2) is 84.9 Å². The molecule has 0 N–H and O–H groups in total. The summed E-state index contributed by atoms with van der Waals surface area (Å²) in [6, 6.07) is 21.5. The van der Waals surface area contributed by atoms with Crippen LogP contribution < -0.4 is 4.74 Å². The summed E-state index contributed by atoms with van der Waals surface area (Å²) in [6.45, 7) is 3.86. The van der Waals surface area contributed by atoms with Gasteiger partial charge in [0.15, 0.2) is 0 Å². The third-order valence-electron chi connectivity index (χ3n) is 4.98. The molecular formula is C27H25F3O3. The smallest absolute Gasteiger partial charge is 0.416 e. The summed E-state index contributed by atoms with van der Waals surface area (Å²) in [5.41, 5.74) is 0.649. The van der Waals surface area contributed by atoms with Gasteiger partial charge in [0.2, 0.25) is 0 Å². The molecule has 3 aromatic rings. The number of rotatable bonds is 8. The fourth-order valence-electron chi connectivity index (χ4n) is 3.15. The number of benzene rings is 3. The number of halogens is 3. The van der Waals surface area contributed by atoms with Gasteiger partial charge in [-0.1, -0.05) is 68.5 Å². The number of hydrogen-bond acceptors (Lipinski definition) is 3. The molecule has 172 valence electrons. The molecule has 3 nitrogen and oxygen atoms in total. The van der Waals surface area contributed by atoms with Gasteiger partial charge in [-0.05, 0) is 53.4 Å². The van der Waals surface area contributed by atoms with Crippen LogP contribution in [-0.4, -0.2) is 5.97 Å². The summed E-state index contributed by atoms with van der Waals surface area (Å²) < 4.78 is 49.5. The van der Waals surface area contributed by atoms with Crippen molar-refractivity contribution in [2.75, 3.05) is 0 Å². The van der Waals surface area contributed by atoms with Crippen LogP contribution >= 0.6 is 0 Å². The Morgan fingerprint density at radius 3 is 2.21 bits per heavy atom. The van der Waals surface area contributed by atoms with E-state index in [4.69, 9.17) is 9.47 Å². The van der Waals surface area contributed by atoms with Crippen LogP contribution in [0.5, 0.6) is 11.5 Å². The van der Waals surface area contributed by atoms with E-state index in [0.717, 1.165) is 17.7 Å². The third kappa shape index (κ3) is 7.24. The first-order valence-corrected chi connectivity index (χ1v) is 10.6. The minimum Gasteiger partial charge on any atom is -0.460 e. The van der Waals surface area contributed by atoms with Crippen molar-refractivity contribution in [3.05, 3.63) is 102 Å². The Hall–Kier alpha value is -3.54. The maximum absolute atomic E-state index is 12.7. The molecule has 0 aliphatic rings. The van der Waals surface area contributed by atoms with Gasteiger partial charge in [0.05, 0.1) is 11.5 Å². The van der Waals surface area contributed by atoms with Crippen LogP contribution in [-0.2, 0) is 22.3 Å². The van der Waals surface area contributed by atoms with E-state index in [1.807, 2.05) is 68.4 Å². The molecular weight excluding hydrogens is 429 g/mol. The van der Waals surface area contributed by atoms with Gasteiger partial charge >= 0.3 is 12.1 Å². The lowest BCUT2D eigenvalue weighted by molar-refractivity contribution is -0.149. The van der Waals surface area contributed by atoms with Crippen LogP contribution in [0.4, 0.5) is 13.2 Å². The summed E-state index contributed by atoms with van der Waals surface area (Å²) in [5.74, 6) is 0.367. The minimum absolute atomic E-state index is 0.0454. The Bertz CT molecular complexity index is 1070. The maximum Gasteiger partial charge on any atom is 0.416 e. The van der Waals surface area contributed by atoms with Crippen LogP contribution in [0.25, 0.3) is 6.08 Å². The number of ether oxygens (including phenoxy) is 2. The molecule has 0 bridgehead atoms. The minimum atomic E-state index is -4.38. The van der Waals surface area contributed by atoms with Crippen molar-refractivity contribution in [2.45, 2.75) is 26.6 Å². The van der Waals surface area contributed by atoms with Crippen molar-refractivity contribution >= 4 is 12.0 Å². The van der Waals surface area contributed by atoms with Crippen LogP contribution in [0.1, 0.15) is 30.5 Å².